The van der Waals surface area contributed by atoms with Gasteiger partial charge in [0, 0.05) is 5.69 Å². The predicted octanol–water partition coefficient (Wildman–Crippen LogP) is 2.51. The summed E-state index contributed by atoms with van der Waals surface area (Å²) in [5.74, 6) is -0.733. The molecule has 5 nitrogen and oxygen atoms in total. The average Bonchev–Trinajstić information content (AvgIpc) is 2.43. The average molecular weight is 306 g/mol. The minimum Gasteiger partial charge on any atom is -0.508 e. The molecule has 0 radical (unpaired) electrons. The SMILES string of the molecule is Cc1cc(NS(=O)(=O)c2ccc(F)c(C#N)c2)ccc1O. The van der Waals surface area contributed by atoms with Crippen LogP contribution < -0.4 is 4.72 Å². The van der Waals surface area contributed by atoms with Crippen LogP contribution in [0.5, 0.6) is 5.75 Å². The van der Waals surface area contributed by atoms with E-state index in [9.17, 15) is 17.9 Å². The molecule has 108 valence electrons. The van der Waals surface area contributed by atoms with Crippen LogP contribution in [0.4, 0.5) is 10.1 Å². The Labute approximate surface area is 121 Å². The molecule has 0 bridgehead atoms. The lowest BCUT2D eigenvalue weighted by atomic mass is 10.2. The van der Waals surface area contributed by atoms with Gasteiger partial charge in [-0.3, -0.25) is 4.72 Å². The molecule has 2 N–H and O–H groups in total. The van der Waals surface area contributed by atoms with E-state index < -0.39 is 15.8 Å². The summed E-state index contributed by atoms with van der Waals surface area (Å²) < 4.78 is 39.9. The number of hydrogen-bond acceptors (Lipinski definition) is 4. The molecule has 0 fully saturated rings. The van der Waals surface area contributed by atoms with E-state index >= 15 is 0 Å². The van der Waals surface area contributed by atoms with Gasteiger partial charge in [0.15, 0.2) is 0 Å². The number of nitrogens with zero attached hydrogens (tertiary/aromatic N) is 1. The molecule has 2 aromatic carbocycles. The third-order valence-electron chi connectivity index (χ3n) is 2.82. The highest BCUT2D eigenvalue weighted by Crippen LogP contribution is 2.23. The fraction of sp³-hybridized carbons (Fsp3) is 0.0714. The van der Waals surface area contributed by atoms with Crippen LogP contribution in [-0.4, -0.2) is 13.5 Å². The van der Waals surface area contributed by atoms with Crippen LogP contribution in [0.15, 0.2) is 41.3 Å². The summed E-state index contributed by atoms with van der Waals surface area (Å²) in [6.07, 6.45) is 0. The Morgan fingerprint density at radius 1 is 1.24 bits per heavy atom. The molecule has 2 rings (SSSR count). The highest BCUT2D eigenvalue weighted by Gasteiger charge is 2.16. The summed E-state index contributed by atoms with van der Waals surface area (Å²) in [4.78, 5) is -0.217. The lowest BCUT2D eigenvalue weighted by Gasteiger charge is -2.09. The molecule has 0 heterocycles. The zero-order valence-corrected chi connectivity index (χ0v) is 11.8. The summed E-state index contributed by atoms with van der Waals surface area (Å²) >= 11 is 0. The molecule has 0 saturated heterocycles. The summed E-state index contributed by atoms with van der Waals surface area (Å²) in [6.45, 7) is 1.62. The van der Waals surface area contributed by atoms with Crippen molar-refractivity contribution < 1.29 is 17.9 Å². The van der Waals surface area contributed by atoms with Crippen LogP contribution in [0.25, 0.3) is 0 Å². The minimum atomic E-state index is -3.94. The quantitative estimate of drug-likeness (QED) is 0.853. The van der Waals surface area contributed by atoms with Gasteiger partial charge in [-0.15, -0.1) is 0 Å². The van der Waals surface area contributed by atoms with E-state index in [1.165, 1.54) is 18.2 Å². The second kappa shape index (κ2) is 5.42. The molecule has 7 heteroatoms. The number of anilines is 1. The van der Waals surface area contributed by atoms with Gasteiger partial charge in [-0.2, -0.15) is 5.26 Å². The number of sulfonamides is 1. The normalized spacial score (nSPS) is 10.9. The Bertz CT molecular complexity index is 842. The maximum Gasteiger partial charge on any atom is 0.261 e. The smallest absolute Gasteiger partial charge is 0.261 e. The molecule has 0 aliphatic heterocycles. The van der Waals surface area contributed by atoms with E-state index in [-0.39, 0.29) is 21.9 Å². The van der Waals surface area contributed by atoms with Gasteiger partial charge in [-0.05, 0) is 48.9 Å². The van der Waals surface area contributed by atoms with Crippen LogP contribution >= 0.6 is 0 Å². The molecule has 2 aromatic rings. The fourth-order valence-electron chi connectivity index (χ4n) is 1.69. The van der Waals surface area contributed by atoms with Gasteiger partial charge in [0.2, 0.25) is 0 Å². The monoisotopic (exact) mass is 306 g/mol. The van der Waals surface area contributed by atoms with Crippen LogP contribution in [-0.2, 0) is 10.0 Å². The van der Waals surface area contributed by atoms with E-state index in [4.69, 9.17) is 5.26 Å². The Kier molecular flexibility index (Phi) is 3.82. The Balaban J connectivity index is 2.38. The van der Waals surface area contributed by atoms with Crippen LogP contribution in [0.1, 0.15) is 11.1 Å². The zero-order valence-electron chi connectivity index (χ0n) is 11.0. The number of benzene rings is 2. The number of nitrogens with one attached hydrogen (secondary N) is 1. The van der Waals surface area contributed by atoms with E-state index in [0.29, 0.717) is 5.56 Å². The van der Waals surface area contributed by atoms with Gasteiger partial charge in [-0.25, -0.2) is 12.8 Å². The van der Waals surface area contributed by atoms with Gasteiger partial charge in [0.25, 0.3) is 10.0 Å². The molecule has 0 spiro atoms. The molecular weight excluding hydrogens is 295 g/mol. The molecule has 0 saturated carbocycles. The third-order valence-corrected chi connectivity index (χ3v) is 4.20. The van der Waals surface area contributed by atoms with Gasteiger partial charge in [-0.1, -0.05) is 0 Å². The number of aryl methyl sites for hydroxylation is 1. The van der Waals surface area contributed by atoms with Crippen molar-refractivity contribution in [2.45, 2.75) is 11.8 Å². The molecule has 0 aromatic heterocycles. The van der Waals surface area contributed by atoms with E-state index in [1.54, 1.807) is 13.0 Å². The number of aromatic hydroxyl groups is 1. The molecular formula is C14H11FN2O3S. The number of rotatable bonds is 3. The highest BCUT2D eigenvalue weighted by molar-refractivity contribution is 7.92. The highest BCUT2D eigenvalue weighted by atomic mass is 32.2. The minimum absolute atomic E-state index is 0.0477. The number of nitriles is 1. The first-order chi connectivity index (χ1) is 9.83. The number of phenolic OH excluding ortho intramolecular Hbond substituents is 1. The summed E-state index contributed by atoms with van der Waals surface area (Å²) in [5.41, 5.74) is 0.417. The van der Waals surface area contributed by atoms with Crippen LogP contribution in [0, 0.1) is 24.1 Å². The first kappa shape index (κ1) is 14.8. The van der Waals surface area contributed by atoms with Gasteiger partial charge in [0.1, 0.15) is 17.6 Å². The Morgan fingerprint density at radius 2 is 1.95 bits per heavy atom. The van der Waals surface area contributed by atoms with Crippen LogP contribution in [0.3, 0.4) is 0 Å². The zero-order chi connectivity index (χ0) is 15.6. The second-order valence-corrected chi connectivity index (χ2v) is 6.04. The van der Waals surface area contributed by atoms with Crippen molar-refractivity contribution in [3.8, 4) is 11.8 Å². The first-order valence-corrected chi connectivity index (χ1v) is 7.34. The lowest BCUT2D eigenvalue weighted by Crippen LogP contribution is -2.13. The van der Waals surface area contributed by atoms with Crippen LogP contribution in [0.2, 0.25) is 0 Å². The number of hydrogen-bond donors (Lipinski definition) is 2. The van der Waals surface area contributed by atoms with Crippen molar-refractivity contribution in [1.82, 2.24) is 0 Å². The standard InChI is InChI=1S/C14H11FN2O3S/c1-9-6-11(2-5-14(9)18)17-21(19,20)12-3-4-13(15)10(7-12)8-16/h2-7,17-18H,1H3. The summed E-state index contributed by atoms with van der Waals surface area (Å²) in [6, 6.07) is 8.77. The largest absolute Gasteiger partial charge is 0.508 e. The maximum atomic E-state index is 13.2. The van der Waals surface area contributed by atoms with Crippen molar-refractivity contribution in [2.75, 3.05) is 4.72 Å². The Morgan fingerprint density at radius 3 is 2.57 bits per heavy atom. The Hall–Kier alpha value is -2.59. The van der Waals surface area contributed by atoms with Crippen molar-refractivity contribution >= 4 is 15.7 Å². The number of phenols is 1. The molecule has 0 aliphatic carbocycles. The first-order valence-electron chi connectivity index (χ1n) is 5.85. The van der Waals surface area contributed by atoms with Gasteiger partial charge >= 0.3 is 0 Å². The second-order valence-electron chi connectivity index (χ2n) is 4.36. The molecule has 0 aliphatic rings. The van der Waals surface area contributed by atoms with E-state index in [2.05, 4.69) is 4.72 Å². The summed E-state index contributed by atoms with van der Waals surface area (Å²) in [5, 5.41) is 18.1. The predicted molar refractivity (Wildman–Crippen MR) is 74.8 cm³/mol. The van der Waals surface area contributed by atoms with Gasteiger partial charge in [0.05, 0.1) is 10.5 Å². The summed E-state index contributed by atoms with van der Waals surface area (Å²) in [7, 11) is -3.94. The molecule has 0 amide bonds. The number of halogens is 1. The maximum absolute atomic E-state index is 13.2. The topological polar surface area (TPSA) is 90.2 Å². The fourth-order valence-corrected chi connectivity index (χ4v) is 2.77. The van der Waals surface area contributed by atoms with Crippen molar-refractivity contribution in [3.63, 3.8) is 0 Å². The van der Waals surface area contributed by atoms with Crippen molar-refractivity contribution in [3.05, 3.63) is 53.3 Å². The molecule has 0 unspecified atom stereocenters. The van der Waals surface area contributed by atoms with Crippen molar-refractivity contribution in [1.29, 1.82) is 5.26 Å². The third kappa shape index (κ3) is 3.12. The lowest BCUT2D eigenvalue weighted by molar-refractivity contribution is 0.471. The molecule has 0 atom stereocenters. The van der Waals surface area contributed by atoms with Gasteiger partial charge < -0.3 is 5.11 Å². The van der Waals surface area contributed by atoms with Crippen molar-refractivity contribution in [2.24, 2.45) is 0 Å². The molecule has 21 heavy (non-hydrogen) atoms. The van der Waals surface area contributed by atoms with E-state index in [1.807, 2.05) is 0 Å². The van der Waals surface area contributed by atoms with E-state index in [0.717, 1.165) is 18.2 Å².